The summed E-state index contributed by atoms with van der Waals surface area (Å²) >= 11 is 0. The Morgan fingerprint density at radius 3 is 2.93 bits per heavy atom. The molecular formula is C13H18O2. The quantitative estimate of drug-likeness (QED) is 0.506. The molecule has 0 radical (unpaired) electrons. The standard InChI is InChI=1S/C13H18O2/c1-2-3-4-8-15-11-13-7-5-6-12(9-13)10-14/h5-7,9-10H,2-4,8,11H2,1H3. The van der Waals surface area contributed by atoms with Crippen LogP contribution in [0.1, 0.15) is 42.1 Å². The van der Waals surface area contributed by atoms with Gasteiger partial charge in [-0.1, -0.05) is 38.0 Å². The van der Waals surface area contributed by atoms with E-state index in [1.165, 1.54) is 12.8 Å². The molecule has 0 saturated heterocycles. The van der Waals surface area contributed by atoms with E-state index in [0.717, 1.165) is 24.9 Å². The summed E-state index contributed by atoms with van der Waals surface area (Å²) in [6.07, 6.45) is 4.41. The summed E-state index contributed by atoms with van der Waals surface area (Å²) < 4.78 is 5.51. The Hall–Kier alpha value is -1.15. The lowest BCUT2D eigenvalue weighted by molar-refractivity contribution is 0.112. The van der Waals surface area contributed by atoms with Gasteiger partial charge in [-0.05, 0) is 18.1 Å². The maximum absolute atomic E-state index is 10.5. The minimum Gasteiger partial charge on any atom is -0.377 e. The molecule has 2 heteroatoms. The van der Waals surface area contributed by atoms with E-state index in [9.17, 15) is 4.79 Å². The van der Waals surface area contributed by atoms with E-state index in [-0.39, 0.29) is 0 Å². The van der Waals surface area contributed by atoms with E-state index in [0.29, 0.717) is 12.2 Å². The van der Waals surface area contributed by atoms with Gasteiger partial charge in [0.25, 0.3) is 0 Å². The third-order valence-corrected chi connectivity index (χ3v) is 2.25. The summed E-state index contributed by atoms with van der Waals surface area (Å²) in [7, 11) is 0. The average Bonchev–Trinajstić information content (AvgIpc) is 2.29. The maximum Gasteiger partial charge on any atom is 0.150 e. The Morgan fingerprint density at radius 1 is 1.33 bits per heavy atom. The van der Waals surface area contributed by atoms with Gasteiger partial charge >= 0.3 is 0 Å². The van der Waals surface area contributed by atoms with Crippen LogP contribution in [-0.2, 0) is 11.3 Å². The summed E-state index contributed by atoms with van der Waals surface area (Å²) in [5.41, 5.74) is 1.78. The zero-order chi connectivity index (χ0) is 10.9. The molecule has 0 aliphatic heterocycles. The molecule has 82 valence electrons. The van der Waals surface area contributed by atoms with Crippen LogP contribution in [0.4, 0.5) is 0 Å². The maximum atomic E-state index is 10.5. The van der Waals surface area contributed by atoms with Crippen LogP contribution in [0.2, 0.25) is 0 Å². The van der Waals surface area contributed by atoms with E-state index in [1.54, 1.807) is 6.07 Å². The molecule has 0 atom stereocenters. The second kappa shape index (κ2) is 7.18. The highest BCUT2D eigenvalue weighted by Crippen LogP contribution is 2.05. The van der Waals surface area contributed by atoms with Gasteiger partial charge in [0.1, 0.15) is 6.29 Å². The second-order valence-electron chi connectivity index (χ2n) is 3.62. The van der Waals surface area contributed by atoms with E-state index in [2.05, 4.69) is 6.92 Å². The molecule has 0 aliphatic carbocycles. The van der Waals surface area contributed by atoms with Crippen molar-refractivity contribution in [3.63, 3.8) is 0 Å². The number of carbonyl (C=O) groups excluding carboxylic acids is 1. The summed E-state index contributed by atoms with van der Waals surface area (Å²) in [6, 6.07) is 7.53. The molecule has 0 aromatic heterocycles. The summed E-state index contributed by atoms with van der Waals surface area (Å²) in [6.45, 7) is 3.58. The molecule has 0 heterocycles. The molecule has 0 bridgehead atoms. The molecular weight excluding hydrogens is 188 g/mol. The fourth-order valence-electron chi connectivity index (χ4n) is 1.40. The number of hydrogen-bond donors (Lipinski definition) is 0. The van der Waals surface area contributed by atoms with Gasteiger partial charge in [0.15, 0.2) is 0 Å². The number of benzene rings is 1. The van der Waals surface area contributed by atoms with Crippen LogP contribution in [0.25, 0.3) is 0 Å². The molecule has 15 heavy (non-hydrogen) atoms. The lowest BCUT2D eigenvalue weighted by Gasteiger charge is -2.04. The molecule has 0 amide bonds. The lowest BCUT2D eigenvalue weighted by Crippen LogP contribution is -1.96. The molecule has 0 unspecified atom stereocenters. The van der Waals surface area contributed by atoms with Crippen molar-refractivity contribution in [2.24, 2.45) is 0 Å². The van der Waals surface area contributed by atoms with Crippen LogP contribution in [0.3, 0.4) is 0 Å². The van der Waals surface area contributed by atoms with Gasteiger partial charge in [0.05, 0.1) is 6.61 Å². The SMILES string of the molecule is CCCCCOCc1cccc(C=O)c1. The van der Waals surface area contributed by atoms with Gasteiger partial charge in [-0.15, -0.1) is 0 Å². The molecule has 0 N–H and O–H groups in total. The molecule has 1 rings (SSSR count). The van der Waals surface area contributed by atoms with Crippen LogP contribution >= 0.6 is 0 Å². The highest BCUT2D eigenvalue weighted by atomic mass is 16.5. The third-order valence-electron chi connectivity index (χ3n) is 2.25. The van der Waals surface area contributed by atoms with Crippen molar-refractivity contribution in [3.8, 4) is 0 Å². The van der Waals surface area contributed by atoms with Gasteiger partial charge in [-0.3, -0.25) is 4.79 Å². The van der Waals surface area contributed by atoms with Crippen molar-refractivity contribution in [2.75, 3.05) is 6.61 Å². The molecule has 0 spiro atoms. The fraction of sp³-hybridized carbons (Fsp3) is 0.462. The van der Waals surface area contributed by atoms with Crippen LogP contribution in [-0.4, -0.2) is 12.9 Å². The monoisotopic (exact) mass is 206 g/mol. The van der Waals surface area contributed by atoms with Crippen LogP contribution in [0.15, 0.2) is 24.3 Å². The van der Waals surface area contributed by atoms with Crippen molar-refractivity contribution >= 4 is 6.29 Å². The first-order valence-corrected chi connectivity index (χ1v) is 5.48. The predicted octanol–water partition coefficient (Wildman–Crippen LogP) is 3.21. The Labute approximate surface area is 91.3 Å². The number of ether oxygens (including phenoxy) is 1. The first-order valence-electron chi connectivity index (χ1n) is 5.48. The van der Waals surface area contributed by atoms with E-state index in [1.807, 2.05) is 18.2 Å². The average molecular weight is 206 g/mol. The fourth-order valence-corrected chi connectivity index (χ4v) is 1.40. The van der Waals surface area contributed by atoms with Crippen molar-refractivity contribution in [1.82, 2.24) is 0 Å². The van der Waals surface area contributed by atoms with Crippen LogP contribution < -0.4 is 0 Å². The van der Waals surface area contributed by atoms with Gasteiger partial charge in [-0.2, -0.15) is 0 Å². The van der Waals surface area contributed by atoms with E-state index < -0.39 is 0 Å². The second-order valence-corrected chi connectivity index (χ2v) is 3.62. The zero-order valence-corrected chi connectivity index (χ0v) is 9.24. The van der Waals surface area contributed by atoms with Crippen LogP contribution in [0.5, 0.6) is 0 Å². The smallest absolute Gasteiger partial charge is 0.150 e. The molecule has 1 aromatic rings. The Bertz CT molecular complexity index is 294. The largest absolute Gasteiger partial charge is 0.377 e. The van der Waals surface area contributed by atoms with Crippen molar-refractivity contribution in [2.45, 2.75) is 32.8 Å². The first kappa shape index (κ1) is 11.9. The van der Waals surface area contributed by atoms with Crippen molar-refractivity contribution in [3.05, 3.63) is 35.4 Å². The zero-order valence-electron chi connectivity index (χ0n) is 9.24. The normalized spacial score (nSPS) is 10.2. The first-order chi connectivity index (χ1) is 7.36. The van der Waals surface area contributed by atoms with Gasteiger partial charge in [0.2, 0.25) is 0 Å². The number of unbranched alkanes of at least 4 members (excludes halogenated alkanes) is 2. The Kier molecular flexibility index (Phi) is 5.71. The number of aldehydes is 1. The Morgan fingerprint density at radius 2 is 2.20 bits per heavy atom. The number of hydrogen-bond acceptors (Lipinski definition) is 2. The van der Waals surface area contributed by atoms with Crippen LogP contribution in [0, 0.1) is 0 Å². The number of carbonyl (C=O) groups is 1. The highest BCUT2D eigenvalue weighted by molar-refractivity contribution is 5.74. The third kappa shape index (κ3) is 4.75. The molecule has 0 aliphatic rings. The molecule has 1 aromatic carbocycles. The molecule has 0 saturated carbocycles. The van der Waals surface area contributed by atoms with Gasteiger partial charge in [0, 0.05) is 12.2 Å². The summed E-state index contributed by atoms with van der Waals surface area (Å²) in [5, 5.41) is 0. The van der Waals surface area contributed by atoms with Gasteiger partial charge in [-0.25, -0.2) is 0 Å². The predicted molar refractivity (Wildman–Crippen MR) is 61.0 cm³/mol. The molecule has 0 fully saturated rings. The minimum atomic E-state index is 0.603. The van der Waals surface area contributed by atoms with Crippen molar-refractivity contribution < 1.29 is 9.53 Å². The lowest BCUT2D eigenvalue weighted by atomic mass is 10.1. The minimum absolute atomic E-state index is 0.603. The van der Waals surface area contributed by atoms with E-state index >= 15 is 0 Å². The van der Waals surface area contributed by atoms with E-state index in [4.69, 9.17) is 4.74 Å². The summed E-state index contributed by atoms with van der Waals surface area (Å²) in [5.74, 6) is 0. The van der Waals surface area contributed by atoms with Crippen molar-refractivity contribution in [1.29, 1.82) is 0 Å². The highest BCUT2D eigenvalue weighted by Gasteiger charge is 1.95. The summed E-state index contributed by atoms with van der Waals surface area (Å²) in [4.78, 5) is 10.5. The van der Waals surface area contributed by atoms with Gasteiger partial charge < -0.3 is 4.74 Å². The molecule has 2 nitrogen and oxygen atoms in total. The topological polar surface area (TPSA) is 26.3 Å². The Balaban J connectivity index is 2.27. The number of rotatable bonds is 7.